The van der Waals surface area contributed by atoms with E-state index in [1.807, 2.05) is 6.92 Å². The number of fused-ring (bicyclic) bond motifs is 1. The number of rotatable bonds is 7. The highest BCUT2D eigenvalue weighted by Crippen LogP contribution is 2.41. The van der Waals surface area contributed by atoms with Gasteiger partial charge in [-0.1, -0.05) is 19.8 Å². The minimum absolute atomic E-state index is 0. The first kappa shape index (κ1) is 27.6. The Morgan fingerprint density at radius 2 is 1.91 bits per heavy atom. The standard InChI is InChI=1S/C22H30N4O4S.2ClH/c1-2-7-18-21-19(26(22(18)28)31(29,30)17-8-6-11-23-16-17)9-15-25(21)20(27)10-14-24-12-4-3-5-13-24;;/h6,8-9,11,16,18,21H,2-5,7,10,12-15H2,1H3;2*1H/t18-,21-;;/m1../s1. The highest BCUT2D eigenvalue weighted by atomic mass is 35.5. The molecule has 33 heavy (non-hydrogen) atoms. The molecule has 1 aromatic rings. The molecule has 3 aliphatic rings. The molecule has 0 spiro atoms. The zero-order valence-corrected chi connectivity index (χ0v) is 21.2. The van der Waals surface area contributed by atoms with Crippen LogP contribution in [0.1, 0.15) is 45.4 Å². The van der Waals surface area contributed by atoms with Gasteiger partial charge in [-0.25, -0.2) is 12.7 Å². The first-order chi connectivity index (χ1) is 14.9. The van der Waals surface area contributed by atoms with E-state index in [-0.39, 0.29) is 35.6 Å². The molecule has 1 aromatic heterocycles. The van der Waals surface area contributed by atoms with Gasteiger partial charge in [-0.2, -0.15) is 0 Å². The number of aromatic nitrogens is 1. The van der Waals surface area contributed by atoms with Crippen LogP contribution in [0.15, 0.2) is 41.2 Å². The number of pyridine rings is 1. The number of hydrogen-bond donors (Lipinski definition) is 0. The van der Waals surface area contributed by atoms with Crippen molar-refractivity contribution in [1.29, 1.82) is 0 Å². The van der Waals surface area contributed by atoms with Crippen molar-refractivity contribution >= 4 is 46.7 Å². The molecule has 0 aromatic carbocycles. The Hall–Kier alpha value is -1.68. The Labute approximate surface area is 208 Å². The molecule has 0 saturated carbocycles. The van der Waals surface area contributed by atoms with Crippen LogP contribution in [0.25, 0.3) is 0 Å². The zero-order valence-electron chi connectivity index (χ0n) is 18.8. The van der Waals surface area contributed by atoms with Gasteiger partial charge in [0, 0.05) is 31.9 Å². The van der Waals surface area contributed by atoms with E-state index in [0.717, 1.165) is 23.8 Å². The lowest BCUT2D eigenvalue weighted by molar-refractivity contribution is -0.134. The largest absolute Gasteiger partial charge is 0.329 e. The molecule has 4 heterocycles. The zero-order chi connectivity index (χ0) is 22.0. The second-order valence-electron chi connectivity index (χ2n) is 8.46. The predicted octanol–water partition coefficient (Wildman–Crippen LogP) is 2.84. The number of nitrogens with zero attached hydrogens (tertiary/aromatic N) is 4. The summed E-state index contributed by atoms with van der Waals surface area (Å²) < 4.78 is 27.4. The van der Waals surface area contributed by atoms with E-state index in [0.29, 0.717) is 31.6 Å². The number of likely N-dealkylation sites (tertiary alicyclic amines) is 1. The van der Waals surface area contributed by atoms with Gasteiger partial charge >= 0.3 is 0 Å². The van der Waals surface area contributed by atoms with E-state index in [9.17, 15) is 18.0 Å². The molecule has 2 saturated heterocycles. The van der Waals surface area contributed by atoms with Gasteiger partial charge in [-0.05, 0) is 50.6 Å². The van der Waals surface area contributed by atoms with Crippen LogP contribution < -0.4 is 0 Å². The molecule has 0 aliphatic carbocycles. The lowest BCUT2D eigenvalue weighted by Crippen LogP contribution is -2.42. The summed E-state index contributed by atoms with van der Waals surface area (Å²) >= 11 is 0. The number of hydrogen-bond acceptors (Lipinski definition) is 6. The number of sulfonamides is 1. The second kappa shape index (κ2) is 11.6. The van der Waals surface area contributed by atoms with Crippen molar-refractivity contribution in [1.82, 2.24) is 19.1 Å². The van der Waals surface area contributed by atoms with Gasteiger partial charge in [0.05, 0.1) is 17.7 Å². The molecule has 0 unspecified atom stereocenters. The molecule has 8 nitrogen and oxygen atoms in total. The van der Waals surface area contributed by atoms with E-state index in [1.54, 1.807) is 11.0 Å². The lowest BCUT2D eigenvalue weighted by Gasteiger charge is -2.30. The molecule has 2 fully saturated rings. The molecule has 0 N–H and O–H groups in total. The normalized spacial score (nSPS) is 22.9. The summed E-state index contributed by atoms with van der Waals surface area (Å²) in [6, 6.07) is 2.47. The first-order valence-electron chi connectivity index (χ1n) is 11.2. The highest BCUT2D eigenvalue weighted by Gasteiger charge is 2.54. The average Bonchev–Trinajstić information content (AvgIpc) is 3.32. The molecule has 184 valence electrons. The Balaban J connectivity index is 0.00000193. The molecular formula is C22H32Cl2N4O4S. The third kappa shape index (κ3) is 5.37. The van der Waals surface area contributed by atoms with Crippen LogP contribution in [0.4, 0.5) is 0 Å². The van der Waals surface area contributed by atoms with Gasteiger partial charge in [0.1, 0.15) is 4.90 Å². The summed E-state index contributed by atoms with van der Waals surface area (Å²) in [5.41, 5.74) is 0.415. The lowest BCUT2D eigenvalue weighted by atomic mass is 9.96. The summed E-state index contributed by atoms with van der Waals surface area (Å²) in [5.74, 6) is -1.00. The van der Waals surface area contributed by atoms with Gasteiger partial charge in [-0.15, -0.1) is 24.8 Å². The maximum absolute atomic E-state index is 13.3. The molecular weight excluding hydrogens is 487 g/mol. The van der Waals surface area contributed by atoms with E-state index in [1.165, 1.54) is 43.8 Å². The first-order valence-corrected chi connectivity index (χ1v) is 12.6. The van der Waals surface area contributed by atoms with Crippen molar-refractivity contribution in [3.63, 3.8) is 0 Å². The van der Waals surface area contributed by atoms with Crippen LogP contribution in [0, 0.1) is 5.92 Å². The topological polar surface area (TPSA) is 90.9 Å². The van der Waals surface area contributed by atoms with E-state index >= 15 is 0 Å². The van der Waals surface area contributed by atoms with Crippen LogP contribution in [0.2, 0.25) is 0 Å². The van der Waals surface area contributed by atoms with Crippen LogP contribution in [-0.2, 0) is 19.6 Å². The van der Waals surface area contributed by atoms with Crippen LogP contribution in [0.5, 0.6) is 0 Å². The van der Waals surface area contributed by atoms with Crippen molar-refractivity contribution in [3.8, 4) is 0 Å². The van der Waals surface area contributed by atoms with E-state index in [4.69, 9.17) is 0 Å². The summed E-state index contributed by atoms with van der Waals surface area (Å²) in [4.78, 5) is 34.2. The van der Waals surface area contributed by atoms with Crippen LogP contribution >= 0.6 is 24.8 Å². The van der Waals surface area contributed by atoms with Crippen molar-refractivity contribution in [2.75, 3.05) is 26.2 Å². The number of carbonyl (C=O) groups excluding carboxylic acids is 2. The smallest absolute Gasteiger partial charge is 0.272 e. The monoisotopic (exact) mass is 518 g/mol. The van der Waals surface area contributed by atoms with E-state index < -0.39 is 27.9 Å². The van der Waals surface area contributed by atoms with Crippen molar-refractivity contribution in [3.05, 3.63) is 36.3 Å². The molecule has 4 rings (SSSR count). The van der Waals surface area contributed by atoms with Crippen molar-refractivity contribution in [2.45, 2.75) is 56.4 Å². The molecule has 0 radical (unpaired) electrons. The number of piperidine rings is 1. The number of amides is 2. The molecule has 0 bridgehead atoms. The third-order valence-electron chi connectivity index (χ3n) is 6.45. The maximum atomic E-state index is 13.3. The summed E-state index contributed by atoms with van der Waals surface area (Å²) in [6.07, 6.45) is 9.71. The third-order valence-corrected chi connectivity index (χ3v) is 8.16. The maximum Gasteiger partial charge on any atom is 0.272 e. The fourth-order valence-corrected chi connectivity index (χ4v) is 6.40. The van der Waals surface area contributed by atoms with Gasteiger partial charge in [-0.3, -0.25) is 14.6 Å². The minimum Gasteiger partial charge on any atom is -0.329 e. The molecule has 11 heteroatoms. The molecule has 2 amide bonds. The predicted molar refractivity (Wildman–Crippen MR) is 130 cm³/mol. The summed E-state index contributed by atoms with van der Waals surface area (Å²) in [7, 11) is -4.07. The average molecular weight is 519 g/mol. The Kier molecular flexibility index (Phi) is 9.72. The highest BCUT2D eigenvalue weighted by molar-refractivity contribution is 7.89. The summed E-state index contributed by atoms with van der Waals surface area (Å²) in [5, 5.41) is 0. The molecule has 3 aliphatic heterocycles. The van der Waals surface area contributed by atoms with E-state index in [2.05, 4.69) is 9.88 Å². The van der Waals surface area contributed by atoms with Gasteiger partial charge in [0.25, 0.3) is 10.0 Å². The van der Waals surface area contributed by atoms with Crippen LogP contribution in [0.3, 0.4) is 0 Å². The number of carbonyl (C=O) groups is 2. The van der Waals surface area contributed by atoms with Gasteiger partial charge in [0.2, 0.25) is 11.8 Å². The van der Waals surface area contributed by atoms with Crippen molar-refractivity contribution < 1.29 is 18.0 Å². The van der Waals surface area contributed by atoms with Gasteiger partial charge in [0.15, 0.2) is 0 Å². The van der Waals surface area contributed by atoms with Crippen molar-refractivity contribution in [2.24, 2.45) is 5.92 Å². The minimum atomic E-state index is -4.07. The second-order valence-corrected chi connectivity index (χ2v) is 10.3. The fraction of sp³-hybridized carbons (Fsp3) is 0.591. The Morgan fingerprint density at radius 3 is 2.55 bits per heavy atom. The number of halogens is 2. The summed E-state index contributed by atoms with van der Waals surface area (Å²) in [6.45, 7) is 5.06. The van der Waals surface area contributed by atoms with Gasteiger partial charge < -0.3 is 9.80 Å². The SMILES string of the molecule is CCC[C@H]1C(=O)N(S(=O)(=O)c2cccnc2)C2=CCN(C(=O)CCN3CCCCC3)[C@@H]21.Cl.Cl. The molecule has 2 atom stereocenters. The Bertz CT molecular complexity index is 968. The van der Waals surface area contributed by atoms with Crippen LogP contribution in [-0.4, -0.2) is 71.5 Å². The Morgan fingerprint density at radius 1 is 1.18 bits per heavy atom. The quantitative estimate of drug-likeness (QED) is 0.551. The fourth-order valence-electron chi connectivity index (χ4n) is 4.92.